The van der Waals surface area contributed by atoms with Gasteiger partial charge in [0.2, 0.25) is 5.91 Å². The highest BCUT2D eigenvalue weighted by molar-refractivity contribution is 7.99. The quantitative estimate of drug-likeness (QED) is 0.767. The molecule has 0 unspecified atom stereocenters. The SMILES string of the molecule is O=C(CSc1nccn1-c1ccc(Cl)cc1)NC(=O)NCC(F)(F)F. The molecule has 0 aliphatic carbocycles. The Labute approximate surface area is 149 Å². The number of benzene rings is 1. The molecule has 2 aromatic rings. The smallest absolute Gasteiger partial charge is 0.329 e. The molecular formula is C14H12ClF3N4O2S. The highest BCUT2D eigenvalue weighted by Crippen LogP contribution is 2.21. The summed E-state index contributed by atoms with van der Waals surface area (Å²) in [7, 11) is 0. The number of nitrogens with one attached hydrogen (secondary N) is 2. The lowest BCUT2D eigenvalue weighted by molar-refractivity contribution is -0.124. The van der Waals surface area contributed by atoms with E-state index in [2.05, 4.69) is 4.98 Å². The van der Waals surface area contributed by atoms with E-state index in [0.717, 1.165) is 17.4 Å². The molecule has 6 nitrogen and oxygen atoms in total. The number of carbonyl (C=O) groups is 2. The molecule has 11 heteroatoms. The number of thioether (sulfide) groups is 1. The second-order valence-corrected chi connectivity index (χ2v) is 6.07. The monoisotopic (exact) mass is 392 g/mol. The molecule has 1 heterocycles. The molecule has 1 aromatic heterocycles. The minimum Gasteiger partial charge on any atom is -0.329 e. The molecule has 0 aliphatic heterocycles. The fraction of sp³-hybridized carbons (Fsp3) is 0.214. The molecule has 0 fully saturated rings. The van der Waals surface area contributed by atoms with Gasteiger partial charge in [0.15, 0.2) is 5.16 Å². The van der Waals surface area contributed by atoms with E-state index in [-0.39, 0.29) is 5.75 Å². The van der Waals surface area contributed by atoms with Crippen LogP contribution in [-0.2, 0) is 4.79 Å². The molecule has 0 spiro atoms. The van der Waals surface area contributed by atoms with Crippen LogP contribution >= 0.6 is 23.4 Å². The van der Waals surface area contributed by atoms with Crippen LogP contribution < -0.4 is 10.6 Å². The second-order valence-electron chi connectivity index (χ2n) is 4.69. The maximum Gasteiger partial charge on any atom is 0.405 e. The number of rotatable bonds is 5. The van der Waals surface area contributed by atoms with Gasteiger partial charge in [-0.05, 0) is 24.3 Å². The first-order valence-corrected chi connectivity index (χ1v) is 8.17. The normalized spacial score (nSPS) is 11.2. The van der Waals surface area contributed by atoms with Gasteiger partial charge in [-0.25, -0.2) is 9.78 Å². The van der Waals surface area contributed by atoms with Crippen LogP contribution in [0.25, 0.3) is 5.69 Å². The van der Waals surface area contributed by atoms with Gasteiger partial charge >= 0.3 is 12.2 Å². The van der Waals surface area contributed by atoms with Crippen molar-refractivity contribution in [2.24, 2.45) is 0 Å². The third kappa shape index (κ3) is 6.31. The number of halogens is 4. The van der Waals surface area contributed by atoms with Crippen molar-refractivity contribution in [3.8, 4) is 5.69 Å². The largest absolute Gasteiger partial charge is 0.405 e. The number of imidazole rings is 1. The van der Waals surface area contributed by atoms with E-state index in [0.29, 0.717) is 10.2 Å². The standard InChI is InChI=1S/C14H12ClF3N4O2S/c15-9-1-3-10(4-2-9)22-6-5-19-13(22)25-7-11(23)21-12(24)20-8-14(16,17)18/h1-6H,7-8H2,(H2,20,21,23,24). The lowest BCUT2D eigenvalue weighted by Crippen LogP contribution is -2.43. The Morgan fingerprint density at radius 3 is 2.56 bits per heavy atom. The first kappa shape index (κ1) is 19.1. The van der Waals surface area contributed by atoms with Gasteiger partial charge in [0.25, 0.3) is 0 Å². The number of imide groups is 1. The van der Waals surface area contributed by atoms with Crippen molar-refractivity contribution >= 4 is 35.3 Å². The molecule has 0 saturated heterocycles. The lowest BCUT2D eigenvalue weighted by atomic mass is 10.3. The summed E-state index contributed by atoms with van der Waals surface area (Å²) in [4.78, 5) is 26.9. The Morgan fingerprint density at radius 1 is 1.24 bits per heavy atom. The number of amides is 3. The van der Waals surface area contributed by atoms with Gasteiger partial charge in [0.05, 0.1) is 5.75 Å². The molecule has 25 heavy (non-hydrogen) atoms. The third-order valence-electron chi connectivity index (χ3n) is 2.75. The molecule has 0 saturated carbocycles. The number of hydrogen-bond donors (Lipinski definition) is 2. The number of alkyl halides is 3. The minimum atomic E-state index is -4.54. The maximum absolute atomic E-state index is 12.0. The fourth-order valence-corrected chi connectivity index (χ4v) is 2.61. The summed E-state index contributed by atoms with van der Waals surface area (Å²) in [5.41, 5.74) is 0.771. The molecule has 0 radical (unpaired) electrons. The number of carbonyl (C=O) groups excluding carboxylic acids is 2. The van der Waals surface area contributed by atoms with E-state index in [9.17, 15) is 22.8 Å². The Kier molecular flexibility index (Phi) is 6.32. The Hall–Kier alpha value is -2.20. The van der Waals surface area contributed by atoms with E-state index in [1.807, 2.05) is 5.32 Å². The lowest BCUT2D eigenvalue weighted by Gasteiger charge is -2.09. The molecule has 2 N–H and O–H groups in total. The molecule has 0 bridgehead atoms. The van der Waals surface area contributed by atoms with Crippen LogP contribution in [0.5, 0.6) is 0 Å². The van der Waals surface area contributed by atoms with Crippen LogP contribution in [0.15, 0.2) is 41.8 Å². The van der Waals surface area contributed by atoms with Crippen LogP contribution in [0.1, 0.15) is 0 Å². The molecule has 134 valence electrons. The first-order chi connectivity index (χ1) is 11.7. The highest BCUT2D eigenvalue weighted by Gasteiger charge is 2.28. The molecule has 3 amide bonds. The molecule has 1 aromatic carbocycles. The van der Waals surface area contributed by atoms with Crippen LogP contribution in [0.3, 0.4) is 0 Å². The first-order valence-electron chi connectivity index (χ1n) is 6.81. The van der Waals surface area contributed by atoms with Gasteiger partial charge in [0.1, 0.15) is 6.54 Å². The van der Waals surface area contributed by atoms with Crippen LogP contribution in [-0.4, -0.2) is 40.0 Å². The van der Waals surface area contributed by atoms with Gasteiger partial charge in [-0.15, -0.1) is 0 Å². The summed E-state index contributed by atoms with van der Waals surface area (Å²) in [5, 5.41) is 4.42. The van der Waals surface area contributed by atoms with Gasteiger partial charge in [0, 0.05) is 23.1 Å². The van der Waals surface area contributed by atoms with Gasteiger partial charge in [-0.1, -0.05) is 23.4 Å². The highest BCUT2D eigenvalue weighted by atomic mass is 35.5. The van der Waals surface area contributed by atoms with Crippen molar-refractivity contribution in [3.63, 3.8) is 0 Å². The average Bonchev–Trinajstić information content (AvgIpc) is 2.99. The van der Waals surface area contributed by atoms with E-state index in [1.165, 1.54) is 6.20 Å². The van der Waals surface area contributed by atoms with Crippen LogP contribution in [0, 0.1) is 0 Å². The maximum atomic E-state index is 12.0. The number of urea groups is 1. The predicted octanol–water partition coefficient (Wildman–Crippen LogP) is 3.01. The molecular weight excluding hydrogens is 381 g/mol. The van der Waals surface area contributed by atoms with Gasteiger partial charge < -0.3 is 5.32 Å². The fourth-order valence-electron chi connectivity index (χ4n) is 1.71. The molecule has 0 atom stereocenters. The number of hydrogen-bond acceptors (Lipinski definition) is 4. The zero-order valence-electron chi connectivity index (χ0n) is 12.5. The van der Waals surface area contributed by atoms with E-state index < -0.39 is 24.7 Å². The van der Waals surface area contributed by atoms with Crippen molar-refractivity contribution in [1.29, 1.82) is 0 Å². The summed E-state index contributed by atoms with van der Waals surface area (Å²) in [6.45, 7) is -1.51. The molecule has 0 aliphatic rings. The van der Waals surface area contributed by atoms with Gasteiger partial charge in [-0.2, -0.15) is 13.2 Å². The van der Waals surface area contributed by atoms with Crippen molar-refractivity contribution < 1.29 is 22.8 Å². The van der Waals surface area contributed by atoms with Crippen LogP contribution in [0.2, 0.25) is 5.02 Å². The third-order valence-corrected chi connectivity index (χ3v) is 3.97. The van der Waals surface area contributed by atoms with Crippen LogP contribution in [0.4, 0.5) is 18.0 Å². The second kappa shape index (κ2) is 8.26. The summed E-state index contributed by atoms with van der Waals surface area (Å²) >= 11 is 6.86. The van der Waals surface area contributed by atoms with Crippen molar-refractivity contribution in [3.05, 3.63) is 41.7 Å². The predicted molar refractivity (Wildman–Crippen MR) is 86.9 cm³/mol. The van der Waals surface area contributed by atoms with Crippen molar-refractivity contribution in [2.45, 2.75) is 11.3 Å². The summed E-state index contributed by atoms with van der Waals surface area (Å²) in [6, 6.07) is 5.72. The minimum absolute atomic E-state index is 0.190. The van der Waals surface area contributed by atoms with E-state index in [4.69, 9.17) is 11.6 Å². The van der Waals surface area contributed by atoms with Gasteiger partial charge in [-0.3, -0.25) is 14.7 Å². The zero-order chi connectivity index (χ0) is 18.4. The summed E-state index contributed by atoms with van der Waals surface area (Å²) < 4.78 is 37.6. The summed E-state index contributed by atoms with van der Waals surface area (Å²) in [6.07, 6.45) is -1.33. The number of nitrogens with zero attached hydrogens (tertiary/aromatic N) is 2. The van der Waals surface area contributed by atoms with Crippen molar-refractivity contribution in [1.82, 2.24) is 20.2 Å². The molecule has 2 rings (SSSR count). The Bertz CT molecular complexity index is 749. The van der Waals surface area contributed by atoms with Crippen molar-refractivity contribution in [2.75, 3.05) is 12.3 Å². The summed E-state index contributed by atoms with van der Waals surface area (Å²) in [5.74, 6) is -0.931. The average molecular weight is 393 g/mol. The number of aromatic nitrogens is 2. The topological polar surface area (TPSA) is 76.0 Å². The Morgan fingerprint density at radius 2 is 1.92 bits per heavy atom. The Balaban J connectivity index is 1.87. The van der Waals surface area contributed by atoms with E-state index in [1.54, 1.807) is 40.3 Å². The zero-order valence-corrected chi connectivity index (χ0v) is 14.1. The van der Waals surface area contributed by atoms with E-state index >= 15 is 0 Å².